The molecule has 2 saturated heterocycles. The maximum absolute atomic E-state index is 11.5. The van der Waals surface area contributed by atoms with Crippen molar-refractivity contribution < 1.29 is 13.2 Å². The van der Waals surface area contributed by atoms with E-state index in [2.05, 4.69) is 5.32 Å². The molecule has 2 heterocycles. The molecule has 2 aliphatic heterocycles. The first kappa shape index (κ1) is 13.8. The van der Waals surface area contributed by atoms with Crippen LogP contribution in [-0.2, 0) is 14.6 Å². The van der Waals surface area contributed by atoms with E-state index in [1.165, 1.54) is 0 Å². The summed E-state index contributed by atoms with van der Waals surface area (Å²) in [6, 6.07) is 0.210. The number of nitrogens with zero attached hydrogens (tertiary/aromatic N) is 1. The molecule has 0 aromatic heterocycles. The number of rotatable bonds is 4. The highest BCUT2D eigenvalue weighted by Crippen LogP contribution is 2.14. The third-order valence-electron chi connectivity index (χ3n) is 3.65. The summed E-state index contributed by atoms with van der Waals surface area (Å²) in [6.45, 7) is 3.55. The molecule has 0 spiro atoms. The number of likely N-dealkylation sites (tertiary alicyclic amines) is 1. The second kappa shape index (κ2) is 5.57. The smallest absolute Gasteiger partial charge is 0.222 e. The Bertz CT molecular complexity index is 408. The molecule has 2 unspecified atom stereocenters. The fourth-order valence-corrected chi connectivity index (χ4v) is 4.49. The fraction of sp³-hybridized carbons (Fsp3) is 0.917. The zero-order chi connectivity index (χ0) is 13.2. The zero-order valence-corrected chi connectivity index (χ0v) is 11.7. The maximum atomic E-state index is 11.5. The van der Waals surface area contributed by atoms with Crippen LogP contribution in [0.4, 0.5) is 0 Å². The Labute approximate surface area is 109 Å². The number of carbonyl (C=O) groups is 1. The van der Waals surface area contributed by atoms with Crippen molar-refractivity contribution in [1.82, 2.24) is 10.2 Å². The Morgan fingerprint density at radius 2 is 2.22 bits per heavy atom. The van der Waals surface area contributed by atoms with Crippen LogP contribution in [0.1, 0.15) is 32.6 Å². The van der Waals surface area contributed by atoms with Crippen molar-refractivity contribution in [2.45, 2.75) is 44.7 Å². The van der Waals surface area contributed by atoms with E-state index in [0.717, 1.165) is 25.8 Å². The Morgan fingerprint density at radius 3 is 2.83 bits per heavy atom. The van der Waals surface area contributed by atoms with Crippen molar-refractivity contribution in [2.75, 3.05) is 24.6 Å². The van der Waals surface area contributed by atoms with Gasteiger partial charge in [-0.1, -0.05) is 0 Å². The van der Waals surface area contributed by atoms with Crippen LogP contribution in [0.15, 0.2) is 0 Å². The summed E-state index contributed by atoms with van der Waals surface area (Å²) >= 11 is 0. The molecule has 2 rings (SSSR count). The van der Waals surface area contributed by atoms with E-state index in [0.29, 0.717) is 18.7 Å². The summed E-state index contributed by atoms with van der Waals surface area (Å²) in [5.74, 6) is 0.787. The fourth-order valence-electron chi connectivity index (χ4n) is 2.84. The highest BCUT2D eigenvalue weighted by atomic mass is 32.2. The minimum Gasteiger partial charge on any atom is -0.341 e. The van der Waals surface area contributed by atoms with E-state index in [4.69, 9.17) is 0 Å². The lowest BCUT2D eigenvalue weighted by molar-refractivity contribution is -0.127. The molecule has 5 nitrogen and oxygen atoms in total. The molecule has 0 aliphatic carbocycles. The normalized spacial score (nSPS) is 29.5. The molecule has 2 fully saturated rings. The van der Waals surface area contributed by atoms with Crippen molar-refractivity contribution in [3.05, 3.63) is 0 Å². The maximum Gasteiger partial charge on any atom is 0.222 e. The van der Waals surface area contributed by atoms with Crippen LogP contribution in [0, 0.1) is 0 Å². The standard InChI is InChI=1S/C12H22N2O3S/c1-10(8-14-6-2-5-12(14)15)13-11-4-3-7-18(16,17)9-11/h10-11,13H,2-9H2,1H3. The van der Waals surface area contributed by atoms with Gasteiger partial charge in [-0.3, -0.25) is 4.79 Å². The van der Waals surface area contributed by atoms with Gasteiger partial charge in [-0.25, -0.2) is 8.42 Å². The van der Waals surface area contributed by atoms with Crippen LogP contribution < -0.4 is 5.32 Å². The van der Waals surface area contributed by atoms with Crippen LogP contribution >= 0.6 is 0 Å². The first-order valence-corrected chi connectivity index (χ1v) is 8.53. The monoisotopic (exact) mass is 274 g/mol. The van der Waals surface area contributed by atoms with Gasteiger partial charge in [0.2, 0.25) is 5.91 Å². The Kier molecular flexibility index (Phi) is 4.27. The van der Waals surface area contributed by atoms with Gasteiger partial charge in [0.25, 0.3) is 0 Å². The van der Waals surface area contributed by atoms with Crippen LogP contribution in [0.2, 0.25) is 0 Å². The van der Waals surface area contributed by atoms with Gasteiger partial charge in [-0.2, -0.15) is 0 Å². The summed E-state index contributed by atoms with van der Waals surface area (Å²) in [6.07, 6.45) is 3.26. The SMILES string of the molecule is CC(CN1CCCC1=O)NC1CCCS(=O)(=O)C1. The third-order valence-corrected chi connectivity index (χ3v) is 5.47. The topological polar surface area (TPSA) is 66.5 Å². The van der Waals surface area contributed by atoms with E-state index in [1.807, 2.05) is 11.8 Å². The summed E-state index contributed by atoms with van der Waals surface area (Å²) in [5.41, 5.74) is 0. The van der Waals surface area contributed by atoms with E-state index in [1.54, 1.807) is 0 Å². The van der Waals surface area contributed by atoms with Crippen molar-refractivity contribution in [3.8, 4) is 0 Å². The van der Waals surface area contributed by atoms with Crippen LogP contribution in [0.5, 0.6) is 0 Å². The molecule has 1 N–H and O–H groups in total. The molecule has 2 atom stereocenters. The molecular weight excluding hydrogens is 252 g/mol. The average molecular weight is 274 g/mol. The van der Waals surface area contributed by atoms with Crippen molar-refractivity contribution in [3.63, 3.8) is 0 Å². The summed E-state index contributed by atoms with van der Waals surface area (Å²) in [4.78, 5) is 13.4. The van der Waals surface area contributed by atoms with Crippen LogP contribution in [0.25, 0.3) is 0 Å². The van der Waals surface area contributed by atoms with Gasteiger partial charge in [0, 0.05) is 31.6 Å². The molecular formula is C12H22N2O3S. The van der Waals surface area contributed by atoms with Crippen molar-refractivity contribution >= 4 is 15.7 Å². The van der Waals surface area contributed by atoms with Gasteiger partial charge in [0.05, 0.1) is 11.5 Å². The molecule has 18 heavy (non-hydrogen) atoms. The Hall–Kier alpha value is -0.620. The molecule has 6 heteroatoms. The van der Waals surface area contributed by atoms with Crippen molar-refractivity contribution in [1.29, 1.82) is 0 Å². The molecule has 1 amide bonds. The largest absolute Gasteiger partial charge is 0.341 e. The average Bonchev–Trinajstić information content (AvgIpc) is 2.62. The first-order chi connectivity index (χ1) is 8.46. The van der Waals surface area contributed by atoms with E-state index in [-0.39, 0.29) is 23.7 Å². The number of carbonyl (C=O) groups excluding carboxylic acids is 1. The summed E-state index contributed by atoms with van der Waals surface area (Å²) in [5, 5.41) is 3.35. The van der Waals surface area contributed by atoms with Gasteiger partial charge < -0.3 is 10.2 Å². The molecule has 2 aliphatic rings. The van der Waals surface area contributed by atoms with Gasteiger partial charge >= 0.3 is 0 Å². The van der Waals surface area contributed by atoms with Gasteiger partial charge in [0.15, 0.2) is 9.84 Å². The highest BCUT2D eigenvalue weighted by Gasteiger charge is 2.27. The lowest BCUT2D eigenvalue weighted by Crippen LogP contribution is -2.48. The van der Waals surface area contributed by atoms with Crippen LogP contribution in [0.3, 0.4) is 0 Å². The molecule has 0 bridgehead atoms. The number of hydrogen-bond acceptors (Lipinski definition) is 4. The molecule has 0 radical (unpaired) electrons. The number of hydrogen-bond donors (Lipinski definition) is 1. The number of amides is 1. The molecule has 0 saturated carbocycles. The summed E-state index contributed by atoms with van der Waals surface area (Å²) in [7, 11) is -2.86. The quantitative estimate of drug-likeness (QED) is 0.793. The Morgan fingerprint density at radius 1 is 1.44 bits per heavy atom. The first-order valence-electron chi connectivity index (χ1n) is 6.70. The predicted molar refractivity (Wildman–Crippen MR) is 70.1 cm³/mol. The second-order valence-electron chi connectivity index (χ2n) is 5.46. The number of sulfone groups is 1. The predicted octanol–water partition coefficient (Wildman–Crippen LogP) is 0.164. The lowest BCUT2D eigenvalue weighted by Gasteiger charge is -2.28. The van der Waals surface area contributed by atoms with E-state index >= 15 is 0 Å². The molecule has 0 aromatic carbocycles. The van der Waals surface area contributed by atoms with Gasteiger partial charge in [-0.15, -0.1) is 0 Å². The minimum atomic E-state index is -2.86. The number of nitrogens with one attached hydrogen (secondary N) is 1. The second-order valence-corrected chi connectivity index (χ2v) is 7.69. The minimum absolute atomic E-state index is 0.0523. The molecule has 0 aromatic rings. The molecule has 104 valence electrons. The third kappa shape index (κ3) is 3.68. The van der Waals surface area contributed by atoms with E-state index in [9.17, 15) is 13.2 Å². The van der Waals surface area contributed by atoms with Crippen LogP contribution in [-0.4, -0.2) is 55.9 Å². The van der Waals surface area contributed by atoms with E-state index < -0.39 is 9.84 Å². The highest BCUT2D eigenvalue weighted by molar-refractivity contribution is 7.91. The van der Waals surface area contributed by atoms with Gasteiger partial charge in [0.1, 0.15) is 0 Å². The Balaban J connectivity index is 1.80. The van der Waals surface area contributed by atoms with Gasteiger partial charge in [-0.05, 0) is 26.2 Å². The van der Waals surface area contributed by atoms with Crippen molar-refractivity contribution in [2.24, 2.45) is 0 Å². The lowest BCUT2D eigenvalue weighted by atomic mass is 10.1. The summed E-state index contributed by atoms with van der Waals surface area (Å²) < 4.78 is 23.1. The zero-order valence-electron chi connectivity index (χ0n) is 10.9.